The SMILES string of the molecule is CCC(C)(C)C1CCC(CN)(N(C)Cc2cccs2)CC1. The predicted molar refractivity (Wildman–Crippen MR) is 93.6 cm³/mol. The zero-order chi connectivity index (χ0) is 15.5. The fourth-order valence-corrected chi connectivity index (χ4v) is 4.53. The maximum atomic E-state index is 6.22. The molecule has 0 bridgehead atoms. The van der Waals surface area contributed by atoms with Crippen LogP contribution in [0.5, 0.6) is 0 Å². The standard InChI is InChI=1S/C18H32N2S/c1-5-17(2,3)15-8-10-18(14-19,11-9-15)20(4)13-16-7-6-12-21-16/h6-7,12,15H,5,8-11,13-14,19H2,1-4H3. The molecule has 120 valence electrons. The minimum atomic E-state index is 0.213. The van der Waals surface area contributed by atoms with Crippen LogP contribution in [0.25, 0.3) is 0 Å². The highest BCUT2D eigenvalue weighted by atomic mass is 32.1. The normalized spacial score (nSPS) is 27.2. The molecular formula is C18H32N2S. The summed E-state index contributed by atoms with van der Waals surface area (Å²) in [7, 11) is 2.26. The van der Waals surface area contributed by atoms with Gasteiger partial charge in [0.25, 0.3) is 0 Å². The molecule has 1 saturated carbocycles. The van der Waals surface area contributed by atoms with E-state index in [0.717, 1.165) is 19.0 Å². The van der Waals surface area contributed by atoms with Gasteiger partial charge in [-0.05, 0) is 55.5 Å². The molecule has 1 aromatic heterocycles. The zero-order valence-electron chi connectivity index (χ0n) is 14.2. The van der Waals surface area contributed by atoms with Gasteiger partial charge in [-0.1, -0.05) is 33.3 Å². The van der Waals surface area contributed by atoms with Crippen LogP contribution < -0.4 is 5.73 Å². The Bertz CT molecular complexity index is 416. The zero-order valence-corrected chi connectivity index (χ0v) is 15.0. The molecule has 2 N–H and O–H groups in total. The van der Waals surface area contributed by atoms with E-state index in [1.807, 2.05) is 11.3 Å². The van der Waals surface area contributed by atoms with Crippen LogP contribution in [-0.2, 0) is 6.54 Å². The van der Waals surface area contributed by atoms with E-state index in [0.29, 0.717) is 5.41 Å². The summed E-state index contributed by atoms with van der Waals surface area (Å²) >= 11 is 1.85. The Balaban J connectivity index is 2.00. The lowest BCUT2D eigenvalue weighted by molar-refractivity contribution is 0.0283. The fourth-order valence-electron chi connectivity index (χ4n) is 3.77. The number of hydrogen-bond acceptors (Lipinski definition) is 3. The van der Waals surface area contributed by atoms with E-state index in [2.05, 4.69) is 50.2 Å². The van der Waals surface area contributed by atoms with E-state index in [9.17, 15) is 0 Å². The Morgan fingerprint density at radius 2 is 2.05 bits per heavy atom. The quantitative estimate of drug-likeness (QED) is 0.838. The molecule has 1 aliphatic carbocycles. The van der Waals surface area contributed by atoms with Gasteiger partial charge in [0.05, 0.1) is 0 Å². The molecule has 2 nitrogen and oxygen atoms in total. The first-order valence-electron chi connectivity index (χ1n) is 8.37. The number of rotatable bonds is 6. The van der Waals surface area contributed by atoms with Crippen LogP contribution in [0.3, 0.4) is 0 Å². The van der Waals surface area contributed by atoms with Gasteiger partial charge in [-0.3, -0.25) is 4.90 Å². The smallest absolute Gasteiger partial charge is 0.0332 e. The maximum Gasteiger partial charge on any atom is 0.0332 e. The molecule has 2 rings (SSSR count). The Hall–Kier alpha value is -0.380. The van der Waals surface area contributed by atoms with Crippen LogP contribution in [-0.4, -0.2) is 24.0 Å². The molecule has 0 saturated heterocycles. The highest BCUT2D eigenvalue weighted by molar-refractivity contribution is 7.09. The lowest BCUT2D eigenvalue weighted by Crippen LogP contribution is -2.54. The Labute approximate surface area is 134 Å². The van der Waals surface area contributed by atoms with Gasteiger partial charge in [-0.25, -0.2) is 0 Å². The summed E-state index contributed by atoms with van der Waals surface area (Å²) < 4.78 is 0. The van der Waals surface area contributed by atoms with Crippen molar-refractivity contribution >= 4 is 11.3 Å². The van der Waals surface area contributed by atoms with Crippen molar-refractivity contribution in [2.75, 3.05) is 13.6 Å². The van der Waals surface area contributed by atoms with E-state index in [-0.39, 0.29) is 5.54 Å². The highest BCUT2D eigenvalue weighted by Gasteiger charge is 2.41. The minimum Gasteiger partial charge on any atom is -0.329 e. The Kier molecular flexibility index (Phi) is 5.50. The van der Waals surface area contributed by atoms with Gasteiger partial charge in [0.15, 0.2) is 0 Å². The maximum absolute atomic E-state index is 6.22. The number of likely N-dealkylation sites (N-methyl/N-ethyl adjacent to an activating group) is 1. The third kappa shape index (κ3) is 3.69. The second-order valence-electron chi connectivity index (χ2n) is 7.48. The van der Waals surface area contributed by atoms with Crippen molar-refractivity contribution in [1.29, 1.82) is 0 Å². The molecule has 0 aromatic carbocycles. The molecule has 1 aliphatic rings. The van der Waals surface area contributed by atoms with Crippen LogP contribution in [0.15, 0.2) is 17.5 Å². The number of nitrogens with two attached hydrogens (primary N) is 1. The van der Waals surface area contributed by atoms with Gasteiger partial charge in [0.2, 0.25) is 0 Å². The van der Waals surface area contributed by atoms with E-state index in [1.54, 1.807) is 0 Å². The van der Waals surface area contributed by atoms with Crippen LogP contribution >= 0.6 is 11.3 Å². The van der Waals surface area contributed by atoms with Crippen molar-refractivity contribution < 1.29 is 0 Å². The molecule has 1 aromatic rings. The summed E-state index contributed by atoms with van der Waals surface area (Å²) in [5, 5.41) is 2.17. The monoisotopic (exact) mass is 308 g/mol. The van der Waals surface area contributed by atoms with Crippen molar-refractivity contribution in [3.05, 3.63) is 22.4 Å². The largest absolute Gasteiger partial charge is 0.329 e. The van der Waals surface area contributed by atoms with E-state index >= 15 is 0 Å². The van der Waals surface area contributed by atoms with Crippen LogP contribution in [0.2, 0.25) is 0 Å². The first-order valence-corrected chi connectivity index (χ1v) is 9.25. The van der Waals surface area contributed by atoms with E-state index in [1.165, 1.54) is 37.0 Å². The van der Waals surface area contributed by atoms with E-state index in [4.69, 9.17) is 5.73 Å². The molecule has 1 fully saturated rings. The first kappa shape index (κ1) is 17.0. The van der Waals surface area contributed by atoms with E-state index < -0.39 is 0 Å². The lowest BCUT2D eigenvalue weighted by atomic mass is 9.65. The Morgan fingerprint density at radius 1 is 1.38 bits per heavy atom. The molecular weight excluding hydrogens is 276 g/mol. The van der Waals surface area contributed by atoms with Crippen molar-refractivity contribution in [3.63, 3.8) is 0 Å². The predicted octanol–water partition coefficient (Wildman–Crippen LogP) is 4.50. The number of nitrogens with zero attached hydrogens (tertiary/aromatic N) is 1. The molecule has 21 heavy (non-hydrogen) atoms. The summed E-state index contributed by atoms with van der Waals surface area (Å²) in [5.41, 5.74) is 6.91. The van der Waals surface area contributed by atoms with Gasteiger partial charge in [-0.2, -0.15) is 0 Å². The molecule has 0 spiro atoms. The molecule has 1 heterocycles. The van der Waals surface area contributed by atoms with Gasteiger partial charge in [0, 0.05) is 23.5 Å². The molecule has 0 unspecified atom stereocenters. The fraction of sp³-hybridized carbons (Fsp3) is 0.778. The van der Waals surface area contributed by atoms with Gasteiger partial charge in [-0.15, -0.1) is 11.3 Å². The molecule has 0 radical (unpaired) electrons. The summed E-state index contributed by atoms with van der Waals surface area (Å²) in [6.45, 7) is 9.02. The summed E-state index contributed by atoms with van der Waals surface area (Å²) in [6, 6.07) is 4.38. The second-order valence-corrected chi connectivity index (χ2v) is 8.51. The van der Waals surface area contributed by atoms with Gasteiger partial charge >= 0.3 is 0 Å². The minimum absolute atomic E-state index is 0.213. The molecule has 0 amide bonds. The average Bonchev–Trinajstić information content (AvgIpc) is 3.00. The average molecular weight is 309 g/mol. The van der Waals surface area contributed by atoms with Crippen molar-refractivity contribution in [2.24, 2.45) is 17.1 Å². The molecule has 0 atom stereocenters. The topological polar surface area (TPSA) is 29.3 Å². The van der Waals surface area contributed by atoms with Crippen molar-refractivity contribution in [1.82, 2.24) is 4.90 Å². The third-order valence-corrected chi connectivity index (χ3v) is 6.96. The summed E-state index contributed by atoms with van der Waals surface area (Å²) in [6.07, 6.45) is 6.43. The van der Waals surface area contributed by atoms with Crippen LogP contribution in [0.1, 0.15) is 57.8 Å². The van der Waals surface area contributed by atoms with Crippen molar-refractivity contribution in [2.45, 2.75) is 65.0 Å². The summed E-state index contributed by atoms with van der Waals surface area (Å²) in [4.78, 5) is 3.97. The van der Waals surface area contributed by atoms with Crippen molar-refractivity contribution in [3.8, 4) is 0 Å². The highest BCUT2D eigenvalue weighted by Crippen LogP contribution is 2.45. The molecule has 0 aliphatic heterocycles. The first-order chi connectivity index (χ1) is 9.93. The summed E-state index contributed by atoms with van der Waals surface area (Å²) in [5.74, 6) is 0.859. The lowest BCUT2D eigenvalue weighted by Gasteiger charge is -2.49. The third-order valence-electron chi connectivity index (χ3n) is 6.10. The van der Waals surface area contributed by atoms with Gasteiger partial charge < -0.3 is 5.73 Å². The second kappa shape index (κ2) is 6.80. The molecule has 3 heteroatoms. The van der Waals surface area contributed by atoms with Crippen LogP contribution in [0, 0.1) is 11.3 Å². The Morgan fingerprint density at radius 3 is 2.52 bits per heavy atom. The van der Waals surface area contributed by atoms with Crippen LogP contribution in [0.4, 0.5) is 0 Å². The number of thiophene rings is 1. The number of hydrogen-bond donors (Lipinski definition) is 1. The van der Waals surface area contributed by atoms with Gasteiger partial charge in [0.1, 0.15) is 0 Å².